The quantitative estimate of drug-likeness (QED) is 0.633. The molecule has 164 valence electrons. The maximum Gasteiger partial charge on any atom is 0.273 e. The minimum absolute atomic E-state index is 0.00791. The van der Waals surface area contributed by atoms with Gasteiger partial charge in [0, 0.05) is 18.7 Å². The van der Waals surface area contributed by atoms with Crippen molar-refractivity contribution in [2.75, 3.05) is 13.1 Å². The standard InChI is InChI=1S/C24H25N5O3/c1-13-20-21(16-9-10-16)28(24(31)22(20)29(25-13)17-7-5-4-6-8-17)18-11-27(12-18)23(30)19-14(2)26-32-15(19)3/h4-8,16,18,21H,9-12H2,1-3H3. The fourth-order valence-corrected chi connectivity index (χ4v) is 5.25. The first kappa shape index (κ1) is 19.3. The van der Waals surface area contributed by atoms with Crippen molar-refractivity contribution >= 4 is 11.8 Å². The van der Waals surface area contributed by atoms with Gasteiger partial charge in [0.15, 0.2) is 0 Å². The molecule has 6 rings (SSSR count). The Morgan fingerprint density at radius 3 is 2.41 bits per heavy atom. The highest BCUT2D eigenvalue weighted by Gasteiger charge is 2.53. The first-order chi connectivity index (χ1) is 15.5. The Balaban J connectivity index is 1.30. The smallest absolute Gasteiger partial charge is 0.273 e. The summed E-state index contributed by atoms with van der Waals surface area (Å²) in [5.74, 6) is 0.960. The molecular formula is C24H25N5O3. The number of amides is 2. The minimum atomic E-state index is -0.0729. The zero-order valence-electron chi connectivity index (χ0n) is 18.4. The summed E-state index contributed by atoms with van der Waals surface area (Å²) < 4.78 is 6.96. The Morgan fingerprint density at radius 2 is 1.78 bits per heavy atom. The Labute approximate surface area is 185 Å². The zero-order chi connectivity index (χ0) is 22.1. The minimum Gasteiger partial charge on any atom is -0.361 e. The van der Waals surface area contributed by atoms with Crippen molar-refractivity contribution < 1.29 is 14.1 Å². The summed E-state index contributed by atoms with van der Waals surface area (Å²) in [4.78, 5) is 30.5. The normalized spacial score (nSPS) is 20.6. The van der Waals surface area contributed by atoms with Crippen molar-refractivity contribution in [1.82, 2.24) is 24.7 Å². The molecule has 3 aromatic rings. The molecule has 1 saturated heterocycles. The van der Waals surface area contributed by atoms with Crippen LogP contribution in [0.15, 0.2) is 34.9 Å². The molecule has 4 heterocycles. The second kappa shape index (κ2) is 6.79. The van der Waals surface area contributed by atoms with Crippen LogP contribution >= 0.6 is 0 Å². The number of hydrogen-bond donors (Lipinski definition) is 0. The molecule has 1 saturated carbocycles. The van der Waals surface area contributed by atoms with Crippen LogP contribution in [-0.4, -0.2) is 55.7 Å². The van der Waals surface area contributed by atoms with Gasteiger partial charge >= 0.3 is 0 Å². The van der Waals surface area contributed by atoms with Crippen LogP contribution in [0.4, 0.5) is 0 Å². The van der Waals surface area contributed by atoms with E-state index in [9.17, 15) is 9.59 Å². The first-order valence-electron chi connectivity index (χ1n) is 11.2. The Bertz CT molecular complexity index is 1210. The number of rotatable bonds is 4. The summed E-state index contributed by atoms with van der Waals surface area (Å²) in [5, 5.41) is 8.64. The van der Waals surface area contributed by atoms with E-state index >= 15 is 0 Å². The van der Waals surface area contributed by atoms with Gasteiger partial charge in [0.2, 0.25) is 0 Å². The van der Waals surface area contributed by atoms with E-state index in [4.69, 9.17) is 9.62 Å². The van der Waals surface area contributed by atoms with Gasteiger partial charge in [0.25, 0.3) is 11.8 Å². The van der Waals surface area contributed by atoms with Gasteiger partial charge in [-0.05, 0) is 51.7 Å². The summed E-state index contributed by atoms with van der Waals surface area (Å²) in [5.41, 5.74) is 4.70. The van der Waals surface area contributed by atoms with Gasteiger partial charge in [-0.2, -0.15) is 5.10 Å². The van der Waals surface area contributed by atoms with Crippen molar-refractivity contribution in [3.05, 3.63) is 64.3 Å². The molecule has 1 atom stereocenters. The Morgan fingerprint density at radius 1 is 1.06 bits per heavy atom. The molecule has 0 spiro atoms. The number of benzene rings is 1. The summed E-state index contributed by atoms with van der Waals surface area (Å²) in [7, 11) is 0. The molecule has 8 heteroatoms. The first-order valence-corrected chi connectivity index (χ1v) is 11.2. The molecule has 1 unspecified atom stereocenters. The average molecular weight is 431 g/mol. The van der Waals surface area contributed by atoms with E-state index in [2.05, 4.69) is 5.16 Å². The molecule has 2 amide bonds. The highest BCUT2D eigenvalue weighted by Crippen LogP contribution is 2.52. The van der Waals surface area contributed by atoms with Gasteiger partial charge < -0.3 is 14.3 Å². The molecule has 32 heavy (non-hydrogen) atoms. The van der Waals surface area contributed by atoms with Gasteiger partial charge in [0.05, 0.1) is 29.2 Å². The predicted molar refractivity (Wildman–Crippen MR) is 116 cm³/mol. The third-order valence-corrected chi connectivity index (χ3v) is 7.00. The average Bonchev–Trinajstić information content (AvgIpc) is 3.37. The molecular weight excluding hydrogens is 406 g/mol. The van der Waals surface area contributed by atoms with Crippen molar-refractivity contribution in [3.8, 4) is 5.69 Å². The maximum atomic E-state index is 13.7. The lowest BCUT2D eigenvalue weighted by Crippen LogP contribution is -2.62. The number of para-hydroxylation sites is 1. The lowest BCUT2D eigenvalue weighted by Gasteiger charge is -2.46. The topological polar surface area (TPSA) is 84.5 Å². The molecule has 0 N–H and O–H groups in total. The number of carbonyl (C=O) groups is 2. The van der Waals surface area contributed by atoms with Crippen molar-refractivity contribution in [2.45, 2.75) is 45.7 Å². The van der Waals surface area contributed by atoms with Crippen LogP contribution in [0.25, 0.3) is 5.69 Å². The van der Waals surface area contributed by atoms with Crippen molar-refractivity contribution in [1.29, 1.82) is 0 Å². The van der Waals surface area contributed by atoms with Crippen LogP contribution in [-0.2, 0) is 0 Å². The highest BCUT2D eigenvalue weighted by molar-refractivity contribution is 6.00. The molecule has 3 aliphatic rings. The van der Waals surface area contributed by atoms with Gasteiger partial charge in [0.1, 0.15) is 17.0 Å². The molecule has 8 nitrogen and oxygen atoms in total. The summed E-state index contributed by atoms with van der Waals surface area (Å²) in [6.45, 7) is 6.59. The SMILES string of the molecule is Cc1noc(C)c1C(=O)N1CC(N2C(=O)c3c(c(C)nn3-c3ccccc3)C2C2CC2)C1. The van der Waals surface area contributed by atoms with Crippen LogP contribution in [0.3, 0.4) is 0 Å². The van der Waals surface area contributed by atoms with Crippen molar-refractivity contribution in [3.63, 3.8) is 0 Å². The van der Waals surface area contributed by atoms with Gasteiger partial charge in [-0.3, -0.25) is 9.59 Å². The fraction of sp³-hybridized carbons (Fsp3) is 0.417. The third kappa shape index (κ3) is 2.68. The second-order valence-electron chi connectivity index (χ2n) is 9.15. The maximum absolute atomic E-state index is 13.7. The molecule has 2 aliphatic heterocycles. The largest absolute Gasteiger partial charge is 0.361 e. The molecule has 2 aromatic heterocycles. The predicted octanol–water partition coefficient (Wildman–Crippen LogP) is 3.22. The number of nitrogens with zero attached hydrogens (tertiary/aromatic N) is 5. The van der Waals surface area contributed by atoms with Crippen LogP contribution < -0.4 is 0 Å². The second-order valence-corrected chi connectivity index (χ2v) is 9.15. The van der Waals surface area contributed by atoms with E-state index < -0.39 is 0 Å². The van der Waals surface area contributed by atoms with E-state index in [1.165, 1.54) is 0 Å². The fourth-order valence-electron chi connectivity index (χ4n) is 5.25. The van der Waals surface area contributed by atoms with Crippen LogP contribution in [0.2, 0.25) is 0 Å². The van der Waals surface area contributed by atoms with Gasteiger partial charge in [-0.15, -0.1) is 0 Å². The number of aromatic nitrogens is 3. The molecule has 2 fully saturated rings. The van der Waals surface area contributed by atoms with Gasteiger partial charge in [-0.1, -0.05) is 23.4 Å². The molecule has 0 radical (unpaired) electrons. The highest BCUT2D eigenvalue weighted by atomic mass is 16.5. The number of carbonyl (C=O) groups excluding carboxylic acids is 2. The lowest BCUT2D eigenvalue weighted by molar-refractivity contribution is 0.0114. The van der Waals surface area contributed by atoms with E-state index in [0.717, 1.165) is 29.8 Å². The summed E-state index contributed by atoms with van der Waals surface area (Å²) in [6, 6.07) is 9.88. The Kier molecular flexibility index (Phi) is 4.09. The van der Waals surface area contributed by atoms with E-state index in [1.807, 2.05) is 42.2 Å². The third-order valence-electron chi connectivity index (χ3n) is 7.00. The number of hydrogen-bond acceptors (Lipinski definition) is 5. The summed E-state index contributed by atoms with van der Waals surface area (Å²) >= 11 is 0. The lowest BCUT2D eigenvalue weighted by atomic mass is 9.99. The van der Waals surface area contributed by atoms with E-state index in [1.54, 1.807) is 23.4 Å². The molecule has 1 aliphatic carbocycles. The number of likely N-dealkylation sites (tertiary alicyclic amines) is 1. The molecule has 0 bridgehead atoms. The molecule has 1 aromatic carbocycles. The van der Waals surface area contributed by atoms with E-state index in [0.29, 0.717) is 41.7 Å². The summed E-state index contributed by atoms with van der Waals surface area (Å²) in [6.07, 6.45) is 2.25. The van der Waals surface area contributed by atoms with Crippen LogP contribution in [0, 0.1) is 26.7 Å². The van der Waals surface area contributed by atoms with Crippen LogP contribution in [0.5, 0.6) is 0 Å². The number of aryl methyl sites for hydroxylation is 3. The Hall–Kier alpha value is -3.42. The number of fused-ring (bicyclic) bond motifs is 1. The van der Waals surface area contributed by atoms with Crippen LogP contribution in [0.1, 0.15) is 62.4 Å². The zero-order valence-corrected chi connectivity index (χ0v) is 18.4. The van der Waals surface area contributed by atoms with Crippen molar-refractivity contribution in [2.24, 2.45) is 5.92 Å². The van der Waals surface area contributed by atoms with Gasteiger partial charge in [-0.25, -0.2) is 4.68 Å². The monoisotopic (exact) mass is 431 g/mol. The van der Waals surface area contributed by atoms with E-state index in [-0.39, 0.29) is 23.9 Å².